The van der Waals surface area contributed by atoms with Crippen molar-refractivity contribution in [3.05, 3.63) is 120 Å². The molecule has 0 unspecified atom stereocenters. The maximum Gasteiger partial charge on any atom is 0.216 e. The molecule has 4 nitrogen and oxygen atoms in total. The van der Waals surface area contributed by atoms with Crippen molar-refractivity contribution in [3.63, 3.8) is 0 Å². The number of hydrogen-bond acceptors (Lipinski definition) is 4. The van der Waals surface area contributed by atoms with E-state index in [4.69, 9.17) is 18.9 Å². The van der Waals surface area contributed by atoms with Crippen LogP contribution in [0, 0.1) is 0 Å². The summed E-state index contributed by atoms with van der Waals surface area (Å²) in [5, 5.41) is 0. The van der Waals surface area contributed by atoms with E-state index in [1.54, 1.807) is 0 Å². The molecule has 0 N–H and O–H groups in total. The minimum absolute atomic E-state index is 0.553. The molecule has 0 radical (unpaired) electrons. The second kappa shape index (κ2) is 15.8. The third kappa shape index (κ3) is 7.76. The zero-order valence-corrected chi connectivity index (χ0v) is 25.7. The van der Waals surface area contributed by atoms with Crippen molar-refractivity contribution in [2.45, 2.75) is 65.0 Å². The summed E-state index contributed by atoms with van der Waals surface area (Å²) in [5.74, 6) is -2.15. The van der Waals surface area contributed by atoms with Crippen molar-refractivity contribution in [2.24, 2.45) is 0 Å². The van der Waals surface area contributed by atoms with Crippen molar-refractivity contribution in [2.75, 3.05) is 26.4 Å². The lowest BCUT2D eigenvalue weighted by molar-refractivity contribution is -0.194. The second-order valence-corrected chi connectivity index (χ2v) is 10.6. The monoisotopic (exact) mass is 566 g/mol. The van der Waals surface area contributed by atoms with Gasteiger partial charge >= 0.3 is 0 Å². The molecule has 0 heterocycles. The van der Waals surface area contributed by atoms with E-state index in [1.807, 2.05) is 24.3 Å². The third-order valence-corrected chi connectivity index (χ3v) is 7.10. The zero-order valence-electron chi connectivity index (χ0n) is 25.7. The van der Waals surface area contributed by atoms with Crippen LogP contribution in [0.4, 0.5) is 0 Å². The van der Waals surface area contributed by atoms with E-state index in [0.29, 0.717) is 26.4 Å². The summed E-state index contributed by atoms with van der Waals surface area (Å²) in [6, 6.07) is 29.3. The predicted octanol–water partition coefficient (Wildman–Crippen LogP) is 9.49. The van der Waals surface area contributed by atoms with Crippen LogP contribution in [0.25, 0.3) is 22.8 Å². The van der Waals surface area contributed by atoms with Gasteiger partial charge in [-0.05, 0) is 60.1 Å². The summed E-state index contributed by atoms with van der Waals surface area (Å²) in [4.78, 5) is 0. The fourth-order valence-corrected chi connectivity index (χ4v) is 5.01. The van der Waals surface area contributed by atoms with Gasteiger partial charge in [-0.1, -0.05) is 125 Å². The third-order valence-electron chi connectivity index (χ3n) is 7.10. The number of rotatable bonds is 16. The molecule has 0 bridgehead atoms. The normalized spacial score (nSPS) is 15.9. The average molecular weight is 567 g/mol. The Morgan fingerprint density at radius 1 is 0.476 bits per heavy atom. The molecule has 222 valence electrons. The highest BCUT2D eigenvalue weighted by Crippen LogP contribution is 2.45. The molecule has 42 heavy (non-hydrogen) atoms. The summed E-state index contributed by atoms with van der Waals surface area (Å²) >= 11 is 0. The van der Waals surface area contributed by atoms with Gasteiger partial charge in [-0.25, -0.2) is 0 Å². The number of hydrogen-bond donors (Lipinski definition) is 0. The lowest BCUT2D eigenvalue weighted by Crippen LogP contribution is -2.46. The second-order valence-electron chi connectivity index (χ2n) is 10.6. The van der Waals surface area contributed by atoms with Crippen molar-refractivity contribution >= 4 is 11.6 Å². The molecular formula is C38H46O4. The van der Waals surface area contributed by atoms with Gasteiger partial charge in [-0.2, -0.15) is 0 Å². The number of benzene rings is 3. The smallest absolute Gasteiger partial charge is 0.216 e. The van der Waals surface area contributed by atoms with Crippen LogP contribution in [0.3, 0.4) is 0 Å². The molecule has 0 amide bonds. The Kier molecular flexibility index (Phi) is 11.9. The first-order chi connectivity index (χ1) is 20.6. The molecule has 4 heteroatoms. The quantitative estimate of drug-likeness (QED) is 0.162. The van der Waals surface area contributed by atoms with Crippen molar-refractivity contribution in [1.82, 2.24) is 0 Å². The zero-order chi connectivity index (χ0) is 29.7. The molecule has 0 aliphatic heterocycles. The first-order valence-electron chi connectivity index (χ1n) is 15.5. The van der Waals surface area contributed by atoms with Crippen LogP contribution in [0.5, 0.6) is 0 Å². The first-order valence-corrected chi connectivity index (χ1v) is 15.5. The van der Waals surface area contributed by atoms with E-state index in [-0.39, 0.29) is 0 Å². The summed E-state index contributed by atoms with van der Waals surface area (Å²) in [6.45, 7) is 10.7. The van der Waals surface area contributed by atoms with E-state index >= 15 is 0 Å². The molecule has 1 aliphatic carbocycles. The van der Waals surface area contributed by atoms with Gasteiger partial charge in [0.2, 0.25) is 11.6 Å². The Morgan fingerprint density at radius 3 is 1.43 bits per heavy atom. The molecule has 0 spiro atoms. The van der Waals surface area contributed by atoms with Gasteiger partial charge in [-0.3, -0.25) is 0 Å². The van der Waals surface area contributed by atoms with Crippen LogP contribution in [0.2, 0.25) is 0 Å². The Balaban J connectivity index is 1.83. The molecule has 1 aliphatic rings. The molecule has 0 saturated carbocycles. The molecule has 0 aromatic heterocycles. The molecule has 0 fully saturated rings. The predicted molar refractivity (Wildman–Crippen MR) is 174 cm³/mol. The standard InChI is InChI=1S/C38H46O4/c1-5-25-39-37(40-26-6-2)30-36(34-17-13-10-14-18-34)38(41-27-7-3,42-28-8-4)29-35(37)24-21-31-19-22-33(23-20-31)32-15-11-9-12-16-32/h9-24,29-30H,5-8,25-28H2,1-4H3/b24-21+. The van der Waals surface area contributed by atoms with E-state index in [9.17, 15) is 0 Å². The highest BCUT2D eigenvalue weighted by molar-refractivity contribution is 5.78. The highest BCUT2D eigenvalue weighted by Gasteiger charge is 2.47. The van der Waals surface area contributed by atoms with Gasteiger partial charge < -0.3 is 18.9 Å². The summed E-state index contributed by atoms with van der Waals surface area (Å²) < 4.78 is 26.5. The molecule has 0 atom stereocenters. The highest BCUT2D eigenvalue weighted by atomic mass is 16.7. The van der Waals surface area contributed by atoms with E-state index in [0.717, 1.165) is 48.0 Å². The average Bonchev–Trinajstić information content (AvgIpc) is 3.05. The minimum Gasteiger partial charge on any atom is -0.343 e. The summed E-state index contributed by atoms with van der Waals surface area (Å²) in [5.41, 5.74) is 6.26. The number of ether oxygens (including phenoxy) is 4. The molecular weight excluding hydrogens is 520 g/mol. The van der Waals surface area contributed by atoms with Gasteiger partial charge in [0, 0.05) is 11.1 Å². The van der Waals surface area contributed by atoms with E-state index in [1.165, 1.54) is 11.1 Å². The van der Waals surface area contributed by atoms with Crippen molar-refractivity contribution in [1.29, 1.82) is 0 Å². The maximum atomic E-state index is 6.63. The Morgan fingerprint density at radius 2 is 0.929 bits per heavy atom. The molecule has 3 aromatic carbocycles. The Hall–Kier alpha value is -3.28. The van der Waals surface area contributed by atoms with Gasteiger partial charge in [0.25, 0.3) is 0 Å². The van der Waals surface area contributed by atoms with Gasteiger partial charge in [0.05, 0.1) is 26.4 Å². The Labute approximate surface area is 252 Å². The lowest BCUT2D eigenvalue weighted by Gasteiger charge is -2.43. The van der Waals surface area contributed by atoms with Crippen LogP contribution in [0.15, 0.2) is 109 Å². The topological polar surface area (TPSA) is 36.9 Å². The summed E-state index contributed by atoms with van der Waals surface area (Å²) in [6.07, 6.45) is 11.9. The van der Waals surface area contributed by atoms with Gasteiger partial charge in [0.15, 0.2) is 0 Å². The molecule has 4 rings (SSSR count). The van der Waals surface area contributed by atoms with Crippen LogP contribution in [0.1, 0.15) is 64.5 Å². The minimum atomic E-state index is -1.08. The molecule has 3 aromatic rings. The maximum absolute atomic E-state index is 6.63. The van der Waals surface area contributed by atoms with Crippen LogP contribution >= 0.6 is 0 Å². The Bertz CT molecular complexity index is 1290. The van der Waals surface area contributed by atoms with E-state index < -0.39 is 11.6 Å². The van der Waals surface area contributed by atoms with E-state index in [2.05, 4.69) is 113 Å². The van der Waals surface area contributed by atoms with Gasteiger partial charge in [0.1, 0.15) is 0 Å². The fraction of sp³-hybridized carbons (Fsp3) is 0.368. The largest absolute Gasteiger partial charge is 0.343 e. The molecule has 0 saturated heterocycles. The lowest BCUT2D eigenvalue weighted by atomic mass is 9.84. The SMILES string of the molecule is CCCOC1(OCCC)C=C(c2ccccc2)C(OCCC)(OCCC)C=C1/C=C/c1ccc(-c2ccccc2)cc1. The summed E-state index contributed by atoms with van der Waals surface area (Å²) in [7, 11) is 0. The fourth-order valence-electron chi connectivity index (χ4n) is 5.01. The van der Waals surface area contributed by atoms with Crippen LogP contribution in [-0.4, -0.2) is 38.0 Å². The van der Waals surface area contributed by atoms with Crippen LogP contribution < -0.4 is 0 Å². The van der Waals surface area contributed by atoms with Crippen molar-refractivity contribution < 1.29 is 18.9 Å². The van der Waals surface area contributed by atoms with Crippen LogP contribution in [-0.2, 0) is 18.9 Å². The van der Waals surface area contributed by atoms with Gasteiger partial charge in [-0.15, -0.1) is 0 Å². The first kappa shape index (κ1) is 31.7. The van der Waals surface area contributed by atoms with Crippen molar-refractivity contribution in [3.8, 4) is 11.1 Å².